The van der Waals surface area contributed by atoms with Crippen LogP contribution in [0.25, 0.3) is 0 Å². The van der Waals surface area contributed by atoms with Gasteiger partial charge in [0.1, 0.15) is 6.04 Å². The third-order valence-corrected chi connectivity index (χ3v) is 2.31. The van der Waals surface area contributed by atoms with E-state index in [0.717, 1.165) is 5.56 Å². The van der Waals surface area contributed by atoms with Gasteiger partial charge in [0.15, 0.2) is 0 Å². The average Bonchev–Trinajstić information content (AvgIpc) is 2.28. The largest absolute Gasteiger partial charge is 0.480 e. The number of carbonyl (C=O) groups is 1. The molecule has 1 atom stereocenters. The molecule has 1 aromatic rings. The highest BCUT2D eigenvalue weighted by molar-refractivity contribution is 5.73. The molecule has 0 spiro atoms. The molecule has 0 aliphatic carbocycles. The van der Waals surface area contributed by atoms with Crippen LogP contribution in [0.5, 0.6) is 0 Å². The van der Waals surface area contributed by atoms with Crippen molar-refractivity contribution in [1.82, 2.24) is 5.48 Å². The van der Waals surface area contributed by atoms with Gasteiger partial charge in [-0.2, -0.15) is 5.48 Å². The Bertz CT molecular complexity index is 338. The summed E-state index contributed by atoms with van der Waals surface area (Å²) in [5.74, 6) is -0.573. The molecule has 17 heavy (non-hydrogen) atoms. The number of rotatable bonds is 7. The molecule has 0 aliphatic heterocycles. The second-order valence-corrected chi connectivity index (χ2v) is 4.41. The lowest BCUT2D eigenvalue weighted by Crippen LogP contribution is -2.37. The first-order chi connectivity index (χ1) is 8.09. The van der Waals surface area contributed by atoms with Crippen molar-refractivity contribution in [1.29, 1.82) is 0 Å². The van der Waals surface area contributed by atoms with Crippen LogP contribution < -0.4 is 5.48 Å². The maximum absolute atomic E-state index is 10.9. The van der Waals surface area contributed by atoms with E-state index in [-0.39, 0.29) is 0 Å². The van der Waals surface area contributed by atoms with Crippen LogP contribution in [0, 0.1) is 5.92 Å². The molecule has 0 amide bonds. The van der Waals surface area contributed by atoms with Crippen LogP contribution in [0.3, 0.4) is 0 Å². The third kappa shape index (κ3) is 5.47. The third-order valence-electron chi connectivity index (χ3n) is 2.31. The minimum Gasteiger partial charge on any atom is -0.480 e. The minimum absolute atomic E-state index is 0.309. The predicted octanol–water partition coefficient (Wildman–Crippen LogP) is 2.21. The average molecular weight is 237 g/mol. The molecule has 94 valence electrons. The second-order valence-electron chi connectivity index (χ2n) is 4.41. The van der Waals surface area contributed by atoms with Crippen molar-refractivity contribution in [2.45, 2.75) is 32.9 Å². The fourth-order valence-electron chi connectivity index (χ4n) is 1.47. The van der Waals surface area contributed by atoms with E-state index < -0.39 is 12.0 Å². The number of aliphatic carboxylic acids is 1. The van der Waals surface area contributed by atoms with Crippen molar-refractivity contribution < 1.29 is 14.7 Å². The molecule has 0 aromatic heterocycles. The van der Waals surface area contributed by atoms with E-state index in [1.807, 2.05) is 44.2 Å². The van der Waals surface area contributed by atoms with Gasteiger partial charge in [-0.1, -0.05) is 44.2 Å². The van der Waals surface area contributed by atoms with Gasteiger partial charge in [-0.3, -0.25) is 9.63 Å². The summed E-state index contributed by atoms with van der Waals surface area (Å²) in [7, 11) is 0. The quantitative estimate of drug-likeness (QED) is 0.714. The molecule has 0 unspecified atom stereocenters. The molecule has 0 fully saturated rings. The molecule has 4 nitrogen and oxygen atoms in total. The number of benzene rings is 1. The maximum atomic E-state index is 10.9. The molecule has 0 bridgehead atoms. The van der Waals surface area contributed by atoms with Gasteiger partial charge in [0.2, 0.25) is 0 Å². The maximum Gasteiger partial charge on any atom is 0.323 e. The van der Waals surface area contributed by atoms with Crippen LogP contribution in [-0.2, 0) is 16.2 Å². The van der Waals surface area contributed by atoms with E-state index in [9.17, 15) is 4.79 Å². The smallest absolute Gasteiger partial charge is 0.323 e. The molecular weight excluding hydrogens is 218 g/mol. The van der Waals surface area contributed by atoms with E-state index in [1.54, 1.807) is 0 Å². The van der Waals surface area contributed by atoms with Crippen LogP contribution in [-0.4, -0.2) is 17.1 Å². The standard InChI is InChI=1S/C13H19NO3/c1-10(2)8-12(13(15)16)14-17-9-11-6-4-3-5-7-11/h3-7,10,12,14H,8-9H2,1-2H3,(H,15,16)/t12-/m0/s1. The summed E-state index contributed by atoms with van der Waals surface area (Å²) in [5.41, 5.74) is 3.61. The number of nitrogens with one attached hydrogen (secondary N) is 1. The highest BCUT2D eigenvalue weighted by Gasteiger charge is 2.18. The van der Waals surface area contributed by atoms with Gasteiger partial charge in [0.05, 0.1) is 6.61 Å². The number of hydrogen-bond donors (Lipinski definition) is 2. The molecule has 0 radical (unpaired) electrons. The van der Waals surface area contributed by atoms with Crippen molar-refractivity contribution in [3.8, 4) is 0 Å². The summed E-state index contributed by atoms with van der Waals surface area (Å²) in [6.07, 6.45) is 0.546. The van der Waals surface area contributed by atoms with Crippen LogP contribution in [0.2, 0.25) is 0 Å². The van der Waals surface area contributed by atoms with E-state index in [0.29, 0.717) is 18.9 Å². The minimum atomic E-state index is -0.883. The Morgan fingerprint density at radius 3 is 2.53 bits per heavy atom. The fraction of sp³-hybridized carbons (Fsp3) is 0.462. The van der Waals surface area contributed by atoms with E-state index in [2.05, 4.69) is 5.48 Å². The lowest BCUT2D eigenvalue weighted by Gasteiger charge is -2.16. The Morgan fingerprint density at radius 2 is 2.00 bits per heavy atom. The zero-order chi connectivity index (χ0) is 12.7. The molecule has 0 saturated heterocycles. The molecule has 0 aliphatic rings. The van der Waals surface area contributed by atoms with Gasteiger partial charge in [0.25, 0.3) is 0 Å². The summed E-state index contributed by atoms with van der Waals surface area (Å²) < 4.78 is 0. The Hall–Kier alpha value is -1.39. The van der Waals surface area contributed by atoms with Crippen LogP contribution >= 0.6 is 0 Å². The Labute approximate surface area is 102 Å². The van der Waals surface area contributed by atoms with Gasteiger partial charge in [-0.05, 0) is 17.9 Å². The van der Waals surface area contributed by atoms with Crippen molar-refractivity contribution >= 4 is 5.97 Å². The first-order valence-electron chi connectivity index (χ1n) is 5.73. The fourth-order valence-corrected chi connectivity index (χ4v) is 1.47. The summed E-state index contributed by atoms with van der Waals surface area (Å²) >= 11 is 0. The molecule has 4 heteroatoms. The zero-order valence-electron chi connectivity index (χ0n) is 10.2. The molecule has 2 N–H and O–H groups in total. The monoisotopic (exact) mass is 237 g/mol. The van der Waals surface area contributed by atoms with Gasteiger partial charge in [-0.25, -0.2) is 0 Å². The van der Waals surface area contributed by atoms with Gasteiger partial charge < -0.3 is 5.11 Å². The lowest BCUT2D eigenvalue weighted by molar-refractivity contribution is -0.145. The Balaban J connectivity index is 2.35. The van der Waals surface area contributed by atoms with Gasteiger partial charge in [0, 0.05) is 0 Å². The van der Waals surface area contributed by atoms with Gasteiger partial charge in [-0.15, -0.1) is 0 Å². The molecular formula is C13H19NO3. The molecule has 1 rings (SSSR count). The SMILES string of the molecule is CC(C)C[C@H](NOCc1ccccc1)C(=O)O. The van der Waals surface area contributed by atoms with Crippen LogP contribution in [0.15, 0.2) is 30.3 Å². The summed E-state index contributed by atoms with van der Waals surface area (Å²) in [6.45, 7) is 4.33. The Kier molecular flexibility index (Phi) is 5.66. The van der Waals surface area contributed by atoms with E-state index in [4.69, 9.17) is 9.94 Å². The zero-order valence-corrected chi connectivity index (χ0v) is 10.2. The number of carboxylic acids is 1. The molecule has 0 saturated carbocycles. The number of hydroxylamine groups is 1. The van der Waals surface area contributed by atoms with E-state index in [1.165, 1.54) is 0 Å². The van der Waals surface area contributed by atoms with Crippen molar-refractivity contribution in [2.75, 3.05) is 0 Å². The first kappa shape index (κ1) is 13.7. The lowest BCUT2D eigenvalue weighted by atomic mass is 10.1. The predicted molar refractivity (Wildman–Crippen MR) is 65.2 cm³/mol. The van der Waals surface area contributed by atoms with Crippen molar-refractivity contribution in [3.05, 3.63) is 35.9 Å². The highest BCUT2D eigenvalue weighted by Crippen LogP contribution is 2.06. The number of carboxylic acid groups (broad SMARTS) is 1. The van der Waals surface area contributed by atoms with Crippen molar-refractivity contribution in [2.24, 2.45) is 5.92 Å². The number of hydrogen-bond acceptors (Lipinski definition) is 3. The summed E-state index contributed by atoms with van der Waals surface area (Å²) in [4.78, 5) is 16.1. The molecule has 0 heterocycles. The second kappa shape index (κ2) is 7.04. The normalized spacial score (nSPS) is 12.6. The summed E-state index contributed by atoms with van der Waals surface area (Å²) in [5, 5.41) is 8.98. The highest BCUT2D eigenvalue weighted by atomic mass is 16.6. The summed E-state index contributed by atoms with van der Waals surface area (Å²) in [6, 6.07) is 8.97. The first-order valence-corrected chi connectivity index (χ1v) is 5.73. The van der Waals surface area contributed by atoms with Gasteiger partial charge >= 0.3 is 5.97 Å². The van der Waals surface area contributed by atoms with Crippen LogP contribution in [0.4, 0.5) is 0 Å². The van der Waals surface area contributed by atoms with Crippen molar-refractivity contribution in [3.63, 3.8) is 0 Å². The Morgan fingerprint density at radius 1 is 1.35 bits per heavy atom. The topological polar surface area (TPSA) is 58.6 Å². The van der Waals surface area contributed by atoms with E-state index >= 15 is 0 Å². The van der Waals surface area contributed by atoms with Crippen LogP contribution in [0.1, 0.15) is 25.8 Å². The molecule has 1 aromatic carbocycles.